The van der Waals surface area contributed by atoms with E-state index in [0.29, 0.717) is 6.61 Å². The molecule has 9 heavy (non-hydrogen) atoms. The molecule has 4 nitrogen and oxygen atoms in total. The monoisotopic (exact) mass is 155 g/mol. The fraction of sp³-hybridized carbons (Fsp3) is 0.750. The molecule has 0 aromatic heterocycles. The van der Waals surface area contributed by atoms with E-state index >= 15 is 0 Å². The molecule has 0 unspecified atom stereocenters. The number of nitrogens with one attached hydrogen (secondary N) is 1. The van der Waals surface area contributed by atoms with E-state index in [9.17, 15) is 4.79 Å². The molecule has 0 rings (SSSR count). The second kappa shape index (κ2) is 7.52. The number of rotatable bonds is 2. The summed E-state index contributed by atoms with van der Waals surface area (Å²) in [5.74, 6) is 0. The Morgan fingerprint density at radius 3 is 2.56 bits per heavy atom. The van der Waals surface area contributed by atoms with Crippen molar-refractivity contribution in [2.75, 3.05) is 13.7 Å². The SMILES string of the molecule is CCOC(=O)NOC.Cl. The van der Waals surface area contributed by atoms with E-state index in [2.05, 4.69) is 9.57 Å². The first-order valence-corrected chi connectivity index (χ1v) is 2.27. The summed E-state index contributed by atoms with van der Waals surface area (Å²) < 4.78 is 4.41. The van der Waals surface area contributed by atoms with Crippen molar-refractivity contribution in [2.45, 2.75) is 6.92 Å². The minimum Gasteiger partial charge on any atom is -0.448 e. The Kier molecular flexibility index (Phi) is 9.47. The summed E-state index contributed by atoms with van der Waals surface area (Å²) in [5, 5.41) is 0. The van der Waals surface area contributed by atoms with Gasteiger partial charge in [-0.05, 0) is 6.92 Å². The molecule has 0 saturated carbocycles. The minimum absolute atomic E-state index is 0. The normalized spacial score (nSPS) is 7.33. The summed E-state index contributed by atoms with van der Waals surface area (Å²) in [7, 11) is 1.34. The second-order valence-electron chi connectivity index (χ2n) is 1.03. The summed E-state index contributed by atoms with van der Waals surface area (Å²) in [4.78, 5) is 14.4. The standard InChI is InChI=1S/C4H9NO3.ClH/c1-3-8-4(6)5-7-2;/h3H2,1-2H3,(H,5,6);1H. The number of amides is 1. The maximum Gasteiger partial charge on any atom is 0.431 e. The van der Waals surface area contributed by atoms with Gasteiger partial charge < -0.3 is 4.74 Å². The van der Waals surface area contributed by atoms with Crippen molar-refractivity contribution in [1.82, 2.24) is 5.48 Å². The highest BCUT2D eigenvalue weighted by molar-refractivity contribution is 5.85. The number of carbonyl (C=O) groups is 1. The topological polar surface area (TPSA) is 47.6 Å². The number of ether oxygens (including phenoxy) is 1. The van der Waals surface area contributed by atoms with Crippen LogP contribution in [0, 0.1) is 0 Å². The van der Waals surface area contributed by atoms with Crippen molar-refractivity contribution in [2.24, 2.45) is 0 Å². The Morgan fingerprint density at radius 2 is 2.22 bits per heavy atom. The van der Waals surface area contributed by atoms with Crippen LogP contribution in [-0.4, -0.2) is 19.8 Å². The van der Waals surface area contributed by atoms with Crippen LogP contribution < -0.4 is 5.48 Å². The lowest BCUT2D eigenvalue weighted by atomic mass is 10.9. The smallest absolute Gasteiger partial charge is 0.431 e. The molecular formula is C4H10ClNO3. The molecule has 1 N–H and O–H groups in total. The molecule has 0 bridgehead atoms. The number of halogens is 1. The van der Waals surface area contributed by atoms with Crippen LogP contribution in [0.4, 0.5) is 4.79 Å². The van der Waals surface area contributed by atoms with E-state index < -0.39 is 6.09 Å². The van der Waals surface area contributed by atoms with Crippen molar-refractivity contribution >= 4 is 18.5 Å². The van der Waals surface area contributed by atoms with Gasteiger partial charge in [-0.3, -0.25) is 4.84 Å². The maximum absolute atomic E-state index is 10.2. The molecule has 0 aromatic carbocycles. The first-order chi connectivity index (χ1) is 3.81. The molecule has 0 atom stereocenters. The number of hydroxylamine groups is 1. The van der Waals surface area contributed by atoms with Crippen LogP contribution in [0.3, 0.4) is 0 Å². The zero-order valence-electron chi connectivity index (χ0n) is 5.34. The van der Waals surface area contributed by atoms with Gasteiger partial charge in [0.05, 0.1) is 13.7 Å². The van der Waals surface area contributed by atoms with Crippen LogP contribution in [0.15, 0.2) is 0 Å². The fourth-order valence-electron chi connectivity index (χ4n) is 0.244. The largest absolute Gasteiger partial charge is 0.448 e. The molecule has 1 amide bonds. The van der Waals surface area contributed by atoms with Crippen LogP contribution in [-0.2, 0) is 9.57 Å². The molecule has 0 aliphatic carbocycles. The highest BCUT2D eigenvalue weighted by Crippen LogP contribution is 1.72. The molecule has 56 valence electrons. The highest BCUT2D eigenvalue weighted by atomic mass is 35.5. The Balaban J connectivity index is 0. The molecule has 0 aliphatic rings. The average molecular weight is 156 g/mol. The molecule has 0 fully saturated rings. The van der Waals surface area contributed by atoms with Crippen molar-refractivity contribution < 1.29 is 14.4 Å². The fourth-order valence-corrected chi connectivity index (χ4v) is 0.244. The minimum atomic E-state index is -0.560. The van der Waals surface area contributed by atoms with Gasteiger partial charge in [0.15, 0.2) is 0 Å². The van der Waals surface area contributed by atoms with Gasteiger partial charge in [0.25, 0.3) is 0 Å². The maximum atomic E-state index is 10.2. The number of carbonyl (C=O) groups excluding carboxylic acids is 1. The molecule has 5 heteroatoms. The van der Waals surface area contributed by atoms with Crippen LogP contribution >= 0.6 is 12.4 Å². The molecule has 0 saturated heterocycles. The van der Waals surface area contributed by atoms with E-state index in [0.717, 1.165) is 0 Å². The Labute approximate surface area is 59.9 Å². The lowest BCUT2D eigenvalue weighted by molar-refractivity contribution is 0.0612. The van der Waals surface area contributed by atoms with Gasteiger partial charge in [0.2, 0.25) is 0 Å². The van der Waals surface area contributed by atoms with E-state index in [4.69, 9.17) is 0 Å². The van der Waals surface area contributed by atoms with Crippen LogP contribution in [0.25, 0.3) is 0 Å². The molecular weight excluding hydrogens is 146 g/mol. The molecule has 0 spiro atoms. The first-order valence-electron chi connectivity index (χ1n) is 2.27. The van der Waals surface area contributed by atoms with Crippen molar-refractivity contribution in [1.29, 1.82) is 0 Å². The van der Waals surface area contributed by atoms with E-state index in [1.165, 1.54) is 7.11 Å². The van der Waals surface area contributed by atoms with Crippen LogP contribution in [0.1, 0.15) is 6.92 Å². The van der Waals surface area contributed by atoms with Gasteiger partial charge in [-0.2, -0.15) is 5.48 Å². The second-order valence-corrected chi connectivity index (χ2v) is 1.03. The van der Waals surface area contributed by atoms with Gasteiger partial charge >= 0.3 is 6.09 Å². The van der Waals surface area contributed by atoms with Gasteiger partial charge in [0.1, 0.15) is 0 Å². The van der Waals surface area contributed by atoms with E-state index in [1.54, 1.807) is 6.92 Å². The Hall–Kier alpha value is -0.480. The predicted octanol–water partition coefficient (Wildman–Crippen LogP) is 0.716. The number of hydrogen-bond acceptors (Lipinski definition) is 3. The third-order valence-corrected chi connectivity index (χ3v) is 0.461. The molecule has 0 radical (unpaired) electrons. The van der Waals surface area contributed by atoms with Gasteiger partial charge in [0, 0.05) is 0 Å². The van der Waals surface area contributed by atoms with E-state index in [-0.39, 0.29) is 12.4 Å². The first kappa shape index (κ1) is 11.3. The summed E-state index contributed by atoms with van der Waals surface area (Å²) >= 11 is 0. The van der Waals surface area contributed by atoms with Crippen molar-refractivity contribution in [3.8, 4) is 0 Å². The van der Waals surface area contributed by atoms with Crippen LogP contribution in [0.5, 0.6) is 0 Å². The third-order valence-electron chi connectivity index (χ3n) is 0.461. The Morgan fingerprint density at radius 1 is 1.67 bits per heavy atom. The lowest BCUT2D eigenvalue weighted by Crippen LogP contribution is -2.22. The summed E-state index contributed by atoms with van der Waals surface area (Å²) in [6, 6.07) is 0. The van der Waals surface area contributed by atoms with Crippen molar-refractivity contribution in [3.63, 3.8) is 0 Å². The van der Waals surface area contributed by atoms with Gasteiger partial charge in [-0.25, -0.2) is 4.79 Å². The quantitative estimate of drug-likeness (QED) is 0.598. The summed E-state index contributed by atoms with van der Waals surface area (Å²) in [6.45, 7) is 2.07. The Bertz CT molecular complexity index is 70.2. The van der Waals surface area contributed by atoms with Crippen molar-refractivity contribution in [3.05, 3.63) is 0 Å². The predicted molar refractivity (Wildman–Crippen MR) is 34.4 cm³/mol. The van der Waals surface area contributed by atoms with Gasteiger partial charge in [-0.15, -0.1) is 12.4 Å². The zero-order valence-corrected chi connectivity index (χ0v) is 6.16. The number of hydrogen-bond donors (Lipinski definition) is 1. The van der Waals surface area contributed by atoms with Crippen LogP contribution in [0.2, 0.25) is 0 Å². The highest BCUT2D eigenvalue weighted by Gasteiger charge is 1.93. The van der Waals surface area contributed by atoms with Gasteiger partial charge in [-0.1, -0.05) is 0 Å². The molecule has 0 aromatic rings. The third kappa shape index (κ3) is 7.52. The summed E-state index contributed by atoms with van der Waals surface area (Å²) in [5.41, 5.74) is 1.99. The molecule has 0 heterocycles. The summed E-state index contributed by atoms with van der Waals surface area (Å²) in [6.07, 6.45) is -0.560. The van der Waals surface area contributed by atoms with E-state index in [1.807, 2.05) is 5.48 Å². The average Bonchev–Trinajstić information content (AvgIpc) is 1.68. The molecule has 0 aliphatic heterocycles. The zero-order chi connectivity index (χ0) is 6.41. The lowest BCUT2D eigenvalue weighted by Gasteiger charge is -1.99.